The maximum absolute atomic E-state index is 12.4. The van der Waals surface area contributed by atoms with Crippen LogP contribution in [0.1, 0.15) is 52.4 Å². The Kier molecular flexibility index (Phi) is 5.05. The molecule has 0 aromatic heterocycles. The summed E-state index contributed by atoms with van der Waals surface area (Å²) < 4.78 is 0. The van der Waals surface area contributed by atoms with E-state index in [0.717, 1.165) is 30.6 Å². The van der Waals surface area contributed by atoms with Crippen LogP contribution in [0.2, 0.25) is 0 Å². The van der Waals surface area contributed by atoms with E-state index in [2.05, 4.69) is 10.6 Å². The van der Waals surface area contributed by atoms with Crippen LogP contribution in [0.5, 0.6) is 0 Å². The summed E-state index contributed by atoms with van der Waals surface area (Å²) in [6.45, 7) is 3.50. The van der Waals surface area contributed by atoms with Crippen molar-refractivity contribution in [2.24, 2.45) is 5.73 Å². The predicted octanol–water partition coefficient (Wildman–Crippen LogP) is 0.483. The second-order valence-corrected chi connectivity index (χ2v) is 6.29. The number of rotatable bonds is 5. The van der Waals surface area contributed by atoms with E-state index < -0.39 is 11.6 Å². The van der Waals surface area contributed by atoms with Crippen molar-refractivity contribution in [3.8, 4) is 0 Å². The van der Waals surface area contributed by atoms with Crippen LogP contribution in [0.4, 0.5) is 4.79 Å². The molecule has 2 aliphatic rings. The van der Waals surface area contributed by atoms with E-state index in [-0.39, 0.29) is 30.4 Å². The molecule has 0 unspecified atom stereocenters. The van der Waals surface area contributed by atoms with Crippen LogP contribution in [0.3, 0.4) is 0 Å². The normalized spacial score (nSPS) is 27.7. The molecule has 0 radical (unpaired) electrons. The molecule has 0 aromatic carbocycles. The highest BCUT2D eigenvalue weighted by atomic mass is 16.2. The lowest BCUT2D eigenvalue weighted by Gasteiger charge is -2.27. The van der Waals surface area contributed by atoms with Gasteiger partial charge < -0.3 is 16.4 Å². The molecule has 0 aromatic rings. The Morgan fingerprint density at radius 3 is 2.36 bits per heavy atom. The number of carbonyl (C=O) groups is 3. The molecule has 0 spiro atoms. The first-order chi connectivity index (χ1) is 10.4. The highest BCUT2D eigenvalue weighted by molar-refractivity contribution is 6.08. The molecule has 1 aliphatic carbocycles. The minimum atomic E-state index is -0.852. The van der Waals surface area contributed by atoms with Crippen LogP contribution in [-0.4, -0.2) is 46.9 Å². The first-order valence-electron chi connectivity index (χ1n) is 8.11. The van der Waals surface area contributed by atoms with Gasteiger partial charge in [-0.1, -0.05) is 13.8 Å². The van der Waals surface area contributed by atoms with Crippen molar-refractivity contribution in [1.29, 1.82) is 0 Å². The van der Waals surface area contributed by atoms with Gasteiger partial charge in [-0.3, -0.25) is 14.5 Å². The van der Waals surface area contributed by atoms with E-state index in [1.54, 1.807) is 0 Å². The Labute approximate surface area is 131 Å². The summed E-state index contributed by atoms with van der Waals surface area (Å²) in [5.74, 6) is -0.588. The van der Waals surface area contributed by atoms with E-state index >= 15 is 0 Å². The van der Waals surface area contributed by atoms with Gasteiger partial charge in [0.1, 0.15) is 12.1 Å². The van der Waals surface area contributed by atoms with Gasteiger partial charge in [-0.15, -0.1) is 0 Å². The van der Waals surface area contributed by atoms with Crippen LogP contribution >= 0.6 is 0 Å². The zero-order chi connectivity index (χ0) is 16.3. The van der Waals surface area contributed by atoms with Gasteiger partial charge in [0.2, 0.25) is 5.91 Å². The van der Waals surface area contributed by atoms with E-state index in [9.17, 15) is 14.4 Å². The van der Waals surface area contributed by atoms with Crippen molar-refractivity contribution < 1.29 is 14.4 Å². The largest absolute Gasteiger partial charge is 0.352 e. The second kappa shape index (κ2) is 6.64. The Morgan fingerprint density at radius 1 is 1.27 bits per heavy atom. The van der Waals surface area contributed by atoms with Gasteiger partial charge in [-0.2, -0.15) is 0 Å². The molecule has 1 saturated carbocycles. The summed E-state index contributed by atoms with van der Waals surface area (Å²) in [4.78, 5) is 37.5. The second-order valence-electron chi connectivity index (χ2n) is 6.29. The number of nitrogens with one attached hydrogen (secondary N) is 2. The Morgan fingerprint density at radius 2 is 1.86 bits per heavy atom. The monoisotopic (exact) mass is 310 g/mol. The average molecular weight is 310 g/mol. The fraction of sp³-hybridized carbons (Fsp3) is 0.800. The lowest BCUT2D eigenvalue weighted by atomic mass is 9.92. The van der Waals surface area contributed by atoms with Crippen LogP contribution in [0.15, 0.2) is 0 Å². The molecule has 4 amide bonds. The molecule has 2 rings (SSSR count). The molecule has 22 heavy (non-hydrogen) atoms. The zero-order valence-corrected chi connectivity index (χ0v) is 13.4. The van der Waals surface area contributed by atoms with Crippen molar-refractivity contribution in [2.45, 2.75) is 70.0 Å². The quantitative estimate of drug-likeness (QED) is 0.642. The Bertz CT molecular complexity index is 454. The number of imide groups is 1. The van der Waals surface area contributed by atoms with Crippen LogP contribution in [0.25, 0.3) is 0 Å². The molecule has 4 N–H and O–H groups in total. The zero-order valence-electron chi connectivity index (χ0n) is 13.4. The molecule has 2 fully saturated rings. The number of urea groups is 1. The maximum atomic E-state index is 12.4. The third-order valence-electron chi connectivity index (χ3n) is 4.89. The molecule has 0 bridgehead atoms. The fourth-order valence-electron chi connectivity index (χ4n) is 3.23. The maximum Gasteiger partial charge on any atom is 0.325 e. The van der Waals surface area contributed by atoms with Gasteiger partial charge in [0, 0.05) is 12.1 Å². The van der Waals surface area contributed by atoms with Gasteiger partial charge in [-0.05, 0) is 38.5 Å². The molecule has 7 nitrogen and oxygen atoms in total. The minimum absolute atomic E-state index is 0.0928. The lowest BCUT2D eigenvalue weighted by Crippen LogP contribution is -2.48. The predicted molar refractivity (Wildman–Crippen MR) is 81.9 cm³/mol. The number of hydrogen-bond acceptors (Lipinski definition) is 4. The van der Waals surface area contributed by atoms with Crippen LogP contribution in [0, 0.1) is 0 Å². The summed E-state index contributed by atoms with van der Waals surface area (Å²) in [5, 5.41) is 5.62. The summed E-state index contributed by atoms with van der Waals surface area (Å²) in [6, 6.07) is -0.168. The standard InChI is InChI=1S/C15H26N4O3/c1-3-15(4-2)13(21)19(14(22)18-15)9-12(20)17-11-7-5-10(16)6-8-11/h10-11H,3-9,16H2,1-2H3,(H,17,20)(H,18,22). The molecule has 7 heteroatoms. The molecule has 0 atom stereocenters. The number of nitrogens with zero attached hydrogens (tertiary/aromatic N) is 1. The third-order valence-corrected chi connectivity index (χ3v) is 4.89. The number of nitrogens with two attached hydrogens (primary N) is 1. The van der Waals surface area contributed by atoms with Crippen molar-refractivity contribution in [1.82, 2.24) is 15.5 Å². The van der Waals surface area contributed by atoms with Gasteiger partial charge >= 0.3 is 6.03 Å². The highest BCUT2D eigenvalue weighted by Gasteiger charge is 2.49. The third kappa shape index (κ3) is 3.24. The van der Waals surface area contributed by atoms with Gasteiger partial charge in [0.15, 0.2) is 0 Å². The van der Waals surface area contributed by atoms with Crippen LogP contribution < -0.4 is 16.4 Å². The molecule has 124 valence electrons. The van der Waals surface area contributed by atoms with E-state index in [4.69, 9.17) is 5.73 Å². The Hall–Kier alpha value is -1.63. The van der Waals surface area contributed by atoms with Crippen molar-refractivity contribution in [3.05, 3.63) is 0 Å². The van der Waals surface area contributed by atoms with Crippen molar-refractivity contribution in [3.63, 3.8) is 0 Å². The smallest absolute Gasteiger partial charge is 0.325 e. The first kappa shape index (κ1) is 16.7. The summed E-state index contributed by atoms with van der Waals surface area (Å²) in [5.41, 5.74) is 4.99. The number of hydrogen-bond donors (Lipinski definition) is 3. The number of carbonyl (C=O) groups excluding carboxylic acids is 3. The van der Waals surface area contributed by atoms with E-state index in [1.165, 1.54) is 0 Å². The van der Waals surface area contributed by atoms with Gasteiger partial charge in [0.25, 0.3) is 5.91 Å². The Balaban J connectivity index is 1.91. The SMILES string of the molecule is CCC1(CC)NC(=O)N(CC(=O)NC2CCC(N)CC2)C1=O. The lowest BCUT2D eigenvalue weighted by molar-refractivity contribution is -0.135. The molecular formula is C15H26N4O3. The van der Waals surface area contributed by atoms with Crippen LogP contribution in [-0.2, 0) is 9.59 Å². The highest BCUT2D eigenvalue weighted by Crippen LogP contribution is 2.24. The van der Waals surface area contributed by atoms with E-state index in [1.807, 2.05) is 13.8 Å². The van der Waals surface area contributed by atoms with Crippen molar-refractivity contribution in [2.75, 3.05) is 6.54 Å². The molecule has 1 aliphatic heterocycles. The molecule has 1 heterocycles. The first-order valence-corrected chi connectivity index (χ1v) is 8.11. The summed E-state index contributed by atoms with van der Waals surface area (Å²) >= 11 is 0. The topological polar surface area (TPSA) is 105 Å². The number of amides is 4. The minimum Gasteiger partial charge on any atom is -0.352 e. The molecule has 1 saturated heterocycles. The van der Waals surface area contributed by atoms with Crippen molar-refractivity contribution >= 4 is 17.8 Å². The summed E-state index contributed by atoms with van der Waals surface area (Å²) in [6.07, 6.45) is 4.52. The summed E-state index contributed by atoms with van der Waals surface area (Å²) in [7, 11) is 0. The average Bonchev–Trinajstić information content (AvgIpc) is 2.74. The molecular weight excluding hydrogens is 284 g/mol. The van der Waals surface area contributed by atoms with E-state index in [0.29, 0.717) is 12.8 Å². The van der Waals surface area contributed by atoms with Gasteiger partial charge in [-0.25, -0.2) is 4.79 Å². The fourth-order valence-corrected chi connectivity index (χ4v) is 3.23. The van der Waals surface area contributed by atoms with Gasteiger partial charge in [0.05, 0.1) is 0 Å².